The second-order valence-corrected chi connectivity index (χ2v) is 6.59. The number of nitrogens with one attached hydrogen (secondary N) is 1. The highest BCUT2D eigenvalue weighted by Crippen LogP contribution is 2.27. The number of nitrogens with two attached hydrogens (primary N) is 1. The second kappa shape index (κ2) is 7.86. The minimum atomic E-state index is -0.405. The summed E-state index contributed by atoms with van der Waals surface area (Å²) in [6.45, 7) is 4.29. The van der Waals surface area contributed by atoms with Crippen molar-refractivity contribution < 1.29 is 4.92 Å². The minimum Gasteiger partial charge on any atom is -0.383 e. The maximum absolute atomic E-state index is 11.5. The van der Waals surface area contributed by atoms with Gasteiger partial charge in [-0.2, -0.15) is 0 Å². The number of rotatable bonds is 6. The van der Waals surface area contributed by atoms with Crippen molar-refractivity contribution >= 4 is 28.0 Å². The van der Waals surface area contributed by atoms with Crippen LogP contribution in [-0.4, -0.2) is 16.8 Å². The van der Waals surface area contributed by atoms with Crippen molar-refractivity contribution in [2.75, 3.05) is 5.32 Å². The SMILES string of the molecule is CC(C)N=C(N)c1ccc(NCc2cccc3ccccc23)c([N+](=O)[O-])c1. The van der Waals surface area contributed by atoms with Gasteiger partial charge in [-0.25, -0.2) is 0 Å². The summed E-state index contributed by atoms with van der Waals surface area (Å²) in [4.78, 5) is 15.4. The van der Waals surface area contributed by atoms with Gasteiger partial charge in [0, 0.05) is 24.2 Å². The molecule has 0 heterocycles. The molecule has 0 aromatic heterocycles. The number of fused-ring (bicyclic) bond motifs is 1. The third kappa shape index (κ3) is 4.23. The molecule has 0 radical (unpaired) electrons. The molecular weight excluding hydrogens is 340 g/mol. The number of nitro benzene ring substituents is 1. The predicted molar refractivity (Wildman–Crippen MR) is 110 cm³/mol. The van der Waals surface area contributed by atoms with Crippen molar-refractivity contribution in [1.82, 2.24) is 0 Å². The van der Waals surface area contributed by atoms with Gasteiger partial charge in [-0.1, -0.05) is 42.5 Å². The van der Waals surface area contributed by atoms with Gasteiger partial charge in [0.15, 0.2) is 0 Å². The molecule has 6 nitrogen and oxygen atoms in total. The monoisotopic (exact) mass is 362 g/mol. The van der Waals surface area contributed by atoms with E-state index in [-0.39, 0.29) is 11.7 Å². The average molecular weight is 362 g/mol. The van der Waals surface area contributed by atoms with Crippen molar-refractivity contribution in [3.8, 4) is 0 Å². The fourth-order valence-electron chi connectivity index (χ4n) is 2.98. The van der Waals surface area contributed by atoms with Crippen LogP contribution in [0, 0.1) is 10.1 Å². The highest BCUT2D eigenvalue weighted by Gasteiger charge is 2.16. The van der Waals surface area contributed by atoms with E-state index in [9.17, 15) is 10.1 Å². The molecule has 0 amide bonds. The summed E-state index contributed by atoms with van der Waals surface area (Å²) >= 11 is 0. The molecule has 0 aliphatic rings. The third-order valence-corrected chi connectivity index (χ3v) is 4.24. The lowest BCUT2D eigenvalue weighted by molar-refractivity contribution is -0.384. The summed E-state index contributed by atoms with van der Waals surface area (Å²) in [5, 5.41) is 17.0. The Morgan fingerprint density at radius 3 is 2.63 bits per heavy atom. The van der Waals surface area contributed by atoms with E-state index in [1.165, 1.54) is 6.07 Å². The molecule has 0 unspecified atom stereocenters. The summed E-state index contributed by atoms with van der Waals surface area (Å²) in [5.74, 6) is 0.300. The Kier molecular flexibility index (Phi) is 5.35. The number of hydrogen-bond donors (Lipinski definition) is 2. The quantitative estimate of drug-likeness (QED) is 0.293. The summed E-state index contributed by atoms with van der Waals surface area (Å²) in [5.41, 5.74) is 8.01. The van der Waals surface area contributed by atoms with Crippen molar-refractivity contribution in [2.24, 2.45) is 10.7 Å². The highest BCUT2D eigenvalue weighted by atomic mass is 16.6. The number of aliphatic imine (C=N–C) groups is 1. The lowest BCUT2D eigenvalue weighted by Gasteiger charge is -2.11. The number of nitro groups is 1. The van der Waals surface area contributed by atoms with Gasteiger partial charge in [0.25, 0.3) is 5.69 Å². The zero-order chi connectivity index (χ0) is 19.4. The Hall–Kier alpha value is -3.41. The molecule has 27 heavy (non-hydrogen) atoms. The molecule has 0 fully saturated rings. The Bertz CT molecular complexity index is 1010. The standard InChI is InChI=1S/C21H22N4O2/c1-14(2)24-21(22)16-10-11-19(20(12-16)25(26)27)23-13-17-8-5-7-15-6-3-4-9-18(15)17/h3-12,14,23H,13H2,1-2H3,(H2,22,24). The molecule has 0 spiro atoms. The van der Waals surface area contributed by atoms with Crippen molar-refractivity contribution in [2.45, 2.75) is 26.4 Å². The van der Waals surface area contributed by atoms with Crippen LogP contribution in [0.5, 0.6) is 0 Å². The maximum atomic E-state index is 11.5. The predicted octanol–water partition coefficient (Wildman–Crippen LogP) is 4.47. The van der Waals surface area contributed by atoms with Crippen LogP contribution in [0.2, 0.25) is 0 Å². The van der Waals surface area contributed by atoms with Crippen molar-refractivity contribution in [3.63, 3.8) is 0 Å². The van der Waals surface area contributed by atoms with Gasteiger partial charge < -0.3 is 11.1 Å². The first-order chi connectivity index (χ1) is 13.0. The lowest BCUT2D eigenvalue weighted by Crippen LogP contribution is -2.16. The Labute approximate surface area is 157 Å². The van der Waals surface area contributed by atoms with E-state index in [2.05, 4.69) is 10.3 Å². The van der Waals surface area contributed by atoms with Crippen LogP contribution in [-0.2, 0) is 6.54 Å². The zero-order valence-electron chi connectivity index (χ0n) is 15.3. The van der Waals surface area contributed by atoms with Gasteiger partial charge in [-0.15, -0.1) is 0 Å². The normalized spacial score (nSPS) is 11.7. The minimum absolute atomic E-state index is 0.0188. The molecule has 0 aliphatic carbocycles. The van der Waals surface area contributed by atoms with E-state index in [0.717, 1.165) is 16.3 Å². The van der Waals surface area contributed by atoms with Crippen LogP contribution in [0.3, 0.4) is 0 Å². The third-order valence-electron chi connectivity index (χ3n) is 4.24. The lowest BCUT2D eigenvalue weighted by atomic mass is 10.0. The first-order valence-corrected chi connectivity index (χ1v) is 8.78. The number of nitrogens with zero attached hydrogens (tertiary/aromatic N) is 2. The first-order valence-electron chi connectivity index (χ1n) is 8.78. The molecule has 0 saturated heterocycles. The van der Waals surface area contributed by atoms with E-state index in [1.807, 2.05) is 56.3 Å². The smallest absolute Gasteiger partial charge is 0.293 e. The van der Waals surface area contributed by atoms with Gasteiger partial charge in [-0.3, -0.25) is 15.1 Å². The zero-order valence-corrected chi connectivity index (χ0v) is 15.3. The van der Waals surface area contributed by atoms with E-state index in [4.69, 9.17) is 5.73 Å². The fraction of sp³-hybridized carbons (Fsp3) is 0.190. The topological polar surface area (TPSA) is 93.5 Å². The van der Waals surface area contributed by atoms with Crippen LogP contribution < -0.4 is 11.1 Å². The molecule has 3 aromatic carbocycles. The summed E-state index contributed by atoms with van der Waals surface area (Å²) in [6.07, 6.45) is 0. The second-order valence-electron chi connectivity index (χ2n) is 6.59. The van der Waals surface area contributed by atoms with Gasteiger partial charge in [0.2, 0.25) is 0 Å². The average Bonchev–Trinajstić information content (AvgIpc) is 2.65. The van der Waals surface area contributed by atoms with E-state index < -0.39 is 4.92 Å². The summed E-state index contributed by atoms with van der Waals surface area (Å²) < 4.78 is 0. The Balaban J connectivity index is 1.89. The molecule has 0 bridgehead atoms. The number of hydrogen-bond acceptors (Lipinski definition) is 4. The van der Waals surface area contributed by atoms with Gasteiger partial charge in [-0.05, 0) is 42.3 Å². The number of benzene rings is 3. The highest BCUT2D eigenvalue weighted by molar-refractivity contribution is 5.98. The largest absolute Gasteiger partial charge is 0.383 e. The number of anilines is 1. The Morgan fingerprint density at radius 1 is 1.15 bits per heavy atom. The van der Waals surface area contributed by atoms with Crippen LogP contribution in [0.1, 0.15) is 25.0 Å². The van der Waals surface area contributed by atoms with Gasteiger partial charge >= 0.3 is 0 Å². The molecule has 0 aliphatic heterocycles. The van der Waals surface area contributed by atoms with Crippen molar-refractivity contribution in [1.29, 1.82) is 0 Å². The van der Waals surface area contributed by atoms with Crippen LogP contribution >= 0.6 is 0 Å². The van der Waals surface area contributed by atoms with Gasteiger partial charge in [0.1, 0.15) is 11.5 Å². The van der Waals surface area contributed by atoms with E-state index >= 15 is 0 Å². The van der Waals surface area contributed by atoms with E-state index in [0.29, 0.717) is 23.6 Å². The molecule has 3 rings (SSSR count). The molecular formula is C21H22N4O2. The van der Waals surface area contributed by atoms with Crippen LogP contribution in [0.4, 0.5) is 11.4 Å². The van der Waals surface area contributed by atoms with Crippen LogP contribution in [0.25, 0.3) is 10.8 Å². The Morgan fingerprint density at radius 2 is 1.89 bits per heavy atom. The fourth-order valence-corrected chi connectivity index (χ4v) is 2.98. The molecule has 138 valence electrons. The number of amidine groups is 1. The molecule has 6 heteroatoms. The van der Waals surface area contributed by atoms with Crippen LogP contribution in [0.15, 0.2) is 65.7 Å². The van der Waals surface area contributed by atoms with E-state index in [1.54, 1.807) is 12.1 Å². The summed E-state index contributed by atoms with van der Waals surface area (Å²) in [7, 11) is 0. The molecule has 3 N–H and O–H groups in total. The summed E-state index contributed by atoms with van der Waals surface area (Å²) in [6, 6.07) is 19.0. The van der Waals surface area contributed by atoms with Crippen molar-refractivity contribution in [3.05, 3.63) is 81.9 Å². The maximum Gasteiger partial charge on any atom is 0.293 e. The molecule has 0 saturated carbocycles. The molecule has 3 aromatic rings. The molecule has 0 atom stereocenters. The first kappa shape index (κ1) is 18.4. The van der Waals surface area contributed by atoms with Gasteiger partial charge in [0.05, 0.1) is 4.92 Å².